The van der Waals surface area contributed by atoms with E-state index in [1.165, 1.54) is 35.2 Å². The maximum absolute atomic E-state index is 13.0. The number of nitro groups is 1. The number of carbonyl (C=O) groups excluding carboxylic acids is 2. The van der Waals surface area contributed by atoms with E-state index in [0.717, 1.165) is 12.8 Å². The molecule has 0 bridgehead atoms. The van der Waals surface area contributed by atoms with Crippen LogP contribution < -0.4 is 0 Å². The summed E-state index contributed by atoms with van der Waals surface area (Å²) in [6.45, 7) is 0.718. The average molecular weight is 443 g/mol. The third-order valence-corrected chi connectivity index (χ3v) is 5.73. The van der Waals surface area contributed by atoms with E-state index < -0.39 is 22.7 Å². The number of halogens is 1. The minimum Gasteiger partial charge on any atom is -0.507 e. The highest BCUT2D eigenvalue weighted by Crippen LogP contribution is 2.40. The molecule has 2 fully saturated rings. The topological polar surface area (TPSA) is 110 Å². The number of benzene rings is 2. The van der Waals surface area contributed by atoms with Crippen molar-refractivity contribution in [3.05, 3.63) is 80.4 Å². The van der Waals surface area contributed by atoms with Crippen molar-refractivity contribution in [2.24, 2.45) is 0 Å². The lowest BCUT2D eigenvalue weighted by Gasteiger charge is -2.27. The second-order valence-electron chi connectivity index (χ2n) is 7.45. The quantitative estimate of drug-likeness (QED) is 0.247. The predicted octanol–water partition coefficient (Wildman–Crippen LogP) is 3.85. The van der Waals surface area contributed by atoms with Crippen LogP contribution in [0.5, 0.6) is 0 Å². The lowest BCUT2D eigenvalue weighted by atomic mass is 9.95. The van der Waals surface area contributed by atoms with Gasteiger partial charge in [0.25, 0.3) is 17.4 Å². The molecule has 2 aliphatic heterocycles. The molecule has 8 nitrogen and oxygen atoms in total. The predicted molar refractivity (Wildman–Crippen MR) is 113 cm³/mol. The number of hydrogen-bond acceptors (Lipinski definition) is 6. The summed E-state index contributed by atoms with van der Waals surface area (Å²) in [7, 11) is 0. The molecule has 0 spiro atoms. The molecule has 4 rings (SSSR count). The average Bonchev–Trinajstić information content (AvgIpc) is 3.36. The first kappa shape index (κ1) is 21.0. The van der Waals surface area contributed by atoms with Gasteiger partial charge in [0.2, 0.25) is 0 Å². The van der Waals surface area contributed by atoms with E-state index in [0.29, 0.717) is 22.8 Å². The summed E-state index contributed by atoms with van der Waals surface area (Å²) < 4.78 is 5.63. The van der Waals surface area contributed by atoms with E-state index >= 15 is 0 Å². The SMILES string of the molecule is O=C1C(=O)N(CC2CCCO2)C(c2cccc([N+](=O)[O-])c2)C1=C(O)c1ccc(Cl)cc1. The minimum atomic E-state index is -0.972. The van der Waals surface area contributed by atoms with Crippen molar-refractivity contribution in [3.63, 3.8) is 0 Å². The summed E-state index contributed by atoms with van der Waals surface area (Å²) >= 11 is 5.91. The summed E-state index contributed by atoms with van der Waals surface area (Å²) in [6, 6.07) is 10.9. The maximum atomic E-state index is 13.0. The first-order valence-corrected chi connectivity index (χ1v) is 10.1. The van der Waals surface area contributed by atoms with Crippen LogP contribution in [0.4, 0.5) is 5.69 Å². The number of aliphatic hydroxyl groups is 1. The summed E-state index contributed by atoms with van der Waals surface area (Å²) in [5.41, 5.74) is 0.384. The van der Waals surface area contributed by atoms with Gasteiger partial charge in [0.05, 0.1) is 22.6 Å². The Morgan fingerprint density at radius 1 is 1.23 bits per heavy atom. The Morgan fingerprint density at radius 3 is 2.61 bits per heavy atom. The molecule has 2 unspecified atom stereocenters. The van der Waals surface area contributed by atoms with Crippen LogP contribution in [-0.4, -0.2) is 45.9 Å². The second-order valence-corrected chi connectivity index (χ2v) is 7.88. The Morgan fingerprint density at radius 2 is 1.97 bits per heavy atom. The Balaban J connectivity index is 1.85. The fraction of sp³-hybridized carbons (Fsp3) is 0.273. The fourth-order valence-electron chi connectivity index (χ4n) is 3.99. The Labute approximate surface area is 182 Å². The molecule has 0 aliphatic carbocycles. The standard InChI is InChI=1S/C22H19ClN2O6/c23-15-8-6-13(7-9-15)20(26)18-19(14-3-1-4-16(11-14)25(29)30)24(22(28)21(18)27)12-17-5-2-10-31-17/h1,3-4,6-9,11,17,19,26H,2,5,10,12H2. The lowest BCUT2D eigenvalue weighted by molar-refractivity contribution is -0.384. The van der Waals surface area contributed by atoms with Crippen molar-refractivity contribution < 1.29 is 24.4 Å². The Kier molecular flexibility index (Phi) is 5.75. The van der Waals surface area contributed by atoms with Gasteiger partial charge in [-0.25, -0.2) is 0 Å². The number of aliphatic hydroxyl groups excluding tert-OH is 1. The van der Waals surface area contributed by atoms with Crippen molar-refractivity contribution in [1.29, 1.82) is 0 Å². The van der Waals surface area contributed by atoms with Crippen LogP contribution in [0, 0.1) is 10.1 Å². The molecule has 0 aromatic heterocycles. The van der Waals surface area contributed by atoms with Gasteiger partial charge in [0, 0.05) is 35.9 Å². The van der Waals surface area contributed by atoms with Gasteiger partial charge in [-0.2, -0.15) is 0 Å². The van der Waals surface area contributed by atoms with Crippen LogP contribution in [0.15, 0.2) is 54.1 Å². The second kappa shape index (κ2) is 8.49. The number of carbonyl (C=O) groups is 2. The third-order valence-electron chi connectivity index (χ3n) is 5.48. The van der Waals surface area contributed by atoms with Gasteiger partial charge < -0.3 is 14.7 Å². The van der Waals surface area contributed by atoms with Gasteiger partial charge in [0.15, 0.2) is 0 Å². The molecule has 2 atom stereocenters. The van der Waals surface area contributed by atoms with Crippen LogP contribution in [0.3, 0.4) is 0 Å². The van der Waals surface area contributed by atoms with Gasteiger partial charge in [0.1, 0.15) is 5.76 Å². The number of hydrogen-bond donors (Lipinski definition) is 1. The number of likely N-dealkylation sites (tertiary alicyclic amines) is 1. The van der Waals surface area contributed by atoms with Crippen molar-refractivity contribution in [1.82, 2.24) is 4.90 Å². The van der Waals surface area contributed by atoms with Gasteiger partial charge >= 0.3 is 0 Å². The Hall–Kier alpha value is -3.23. The van der Waals surface area contributed by atoms with Crippen LogP contribution >= 0.6 is 11.6 Å². The zero-order valence-electron chi connectivity index (χ0n) is 16.4. The largest absolute Gasteiger partial charge is 0.507 e. The minimum absolute atomic E-state index is 0.120. The highest BCUT2D eigenvalue weighted by atomic mass is 35.5. The summed E-state index contributed by atoms with van der Waals surface area (Å²) in [5, 5.41) is 22.7. The highest BCUT2D eigenvalue weighted by Gasteiger charge is 2.47. The monoisotopic (exact) mass is 442 g/mol. The highest BCUT2D eigenvalue weighted by molar-refractivity contribution is 6.46. The number of ether oxygens (including phenoxy) is 1. The first-order chi connectivity index (χ1) is 14.9. The van der Waals surface area contributed by atoms with Crippen LogP contribution in [0.25, 0.3) is 5.76 Å². The zero-order valence-corrected chi connectivity index (χ0v) is 17.1. The van der Waals surface area contributed by atoms with E-state index in [4.69, 9.17) is 16.3 Å². The zero-order chi connectivity index (χ0) is 22.1. The molecule has 2 aliphatic rings. The normalized spacial score (nSPS) is 22.8. The van der Waals surface area contributed by atoms with Gasteiger partial charge in [-0.3, -0.25) is 19.7 Å². The first-order valence-electron chi connectivity index (χ1n) is 9.77. The van der Waals surface area contributed by atoms with Crippen LogP contribution in [0.1, 0.15) is 30.0 Å². The van der Waals surface area contributed by atoms with E-state index in [9.17, 15) is 24.8 Å². The molecular weight excluding hydrogens is 424 g/mol. The van der Waals surface area contributed by atoms with Crippen molar-refractivity contribution >= 4 is 34.7 Å². The molecule has 31 heavy (non-hydrogen) atoms. The van der Waals surface area contributed by atoms with Crippen LogP contribution in [0.2, 0.25) is 5.02 Å². The van der Waals surface area contributed by atoms with Gasteiger partial charge in [-0.05, 0) is 42.7 Å². The molecule has 2 aromatic carbocycles. The number of ketones is 1. The molecule has 2 saturated heterocycles. The fourth-order valence-corrected chi connectivity index (χ4v) is 4.12. The maximum Gasteiger partial charge on any atom is 0.295 e. The molecular formula is C22H19ClN2O6. The molecule has 0 saturated carbocycles. The van der Waals surface area contributed by atoms with E-state index in [-0.39, 0.29) is 29.7 Å². The van der Waals surface area contributed by atoms with Gasteiger partial charge in [-0.15, -0.1) is 0 Å². The molecule has 2 aromatic rings. The summed E-state index contributed by atoms with van der Waals surface area (Å²) in [6.07, 6.45) is 1.35. The number of nitro benzene ring substituents is 1. The number of nitrogens with zero attached hydrogens (tertiary/aromatic N) is 2. The van der Waals surface area contributed by atoms with E-state index in [2.05, 4.69) is 0 Å². The number of amides is 1. The number of non-ortho nitro benzene ring substituents is 1. The van der Waals surface area contributed by atoms with Crippen molar-refractivity contribution in [2.45, 2.75) is 25.0 Å². The molecule has 0 radical (unpaired) electrons. The van der Waals surface area contributed by atoms with Crippen molar-refractivity contribution in [2.75, 3.05) is 13.2 Å². The Bertz CT molecular complexity index is 1080. The van der Waals surface area contributed by atoms with E-state index in [1.54, 1.807) is 18.2 Å². The molecule has 1 amide bonds. The molecule has 1 N–H and O–H groups in total. The number of Topliss-reactive ketones (excluding diaryl/α,β-unsaturated/α-hetero) is 1. The van der Waals surface area contributed by atoms with Gasteiger partial charge in [-0.1, -0.05) is 23.7 Å². The summed E-state index contributed by atoms with van der Waals surface area (Å²) in [4.78, 5) is 38.0. The van der Waals surface area contributed by atoms with E-state index in [1.807, 2.05) is 0 Å². The van der Waals surface area contributed by atoms with Crippen LogP contribution in [-0.2, 0) is 14.3 Å². The third kappa shape index (κ3) is 4.04. The number of rotatable bonds is 5. The molecule has 9 heteroatoms. The molecule has 2 heterocycles. The molecule has 160 valence electrons. The smallest absolute Gasteiger partial charge is 0.295 e. The van der Waals surface area contributed by atoms with Crippen molar-refractivity contribution in [3.8, 4) is 0 Å². The lowest BCUT2D eigenvalue weighted by Crippen LogP contribution is -2.36. The summed E-state index contributed by atoms with van der Waals surface area (Å²) in [5.74, 6) is -1.98.